The maximum absolute atomic E-state index is 12.9. The summed E-state index contributed by atoms with van der Waals surface area (Å²) in [5, 5.41) is 11.1. The van der Waals surface area contributed by atoms with Crippen molar-refractivity contribution in [2.24, 2.45) is 0 Å². The molecule has 0 aliphatic carbocycles. The van der Waals surface area contributed by atoms with Gasteiger partial charge in [0.05, 0.1) is 23.1 Å². The molecule has 1 aliphatic heterocycles. The number of amides is 1. The van der Waals surface area contributed by atoms with E-state index in [1.807, 2.05) is 16.8 Å². The molecule has 25 heavy (non-hydrogen) atoms. The summed E-state index contributed by atoms with van der Waals surface area (Å²) in [6.45, 7) is 9.42. The first-order chi connectivity index (χ1) is 12.0. The molecule has 1 aromatic heterocycles. The van der Waals surface area contributed by atoms with Gasteiger partial charge in [0.25, 0.3) is 5.91 Å². The lowest BCUT2D eigenvalue weighted by molar-refractivity contribution is 0.0918. The quantitative estimate of drug-likeness (QED) is 0.899. The van der Waals surface area contributed by atoms with Crippen LogP contribution in [0.5, 0.6) is 0 Å². The molecule has 2 N–H and O–H groups in total. The van der Waals surface area contributed by atoms with Gasteiger partial charge in [-0.25, -0.2) is 4.68 Å². The molecule has 2 aromatic rings. The Hall–Kier alpha value is -2.14. The molecule has 3 rings (SSSR count). The maximum Gasteiger partial charge on any atom is 0.255 e. The van der Waals surface area contributed by atoms with Crippen molar-refractivity contribution in [1.29, 1.82) is 0 Å². The van der Waals surface area contributed by atoms with E-state index in [-0.39, 0.29) is 17.9 Å². The van der Waals surface area contributed by atoms with Crippen LogP contribution in [0.25, 0.3) is 5.69 Å². The normalized spacial score (nSPS) is 20.7. The van der Waals surface area contributed by atoms with Gasteiger partial charge in [-0.15, -0.1) is 0 Å². The van der Waals surface area contributed by atoms with E-state index >= 15 is 0 Å². The number of aromatic nitrogens is 2. The lowest BCUT2D eigenvalue weighted by Crippen LogP contribution is -2.52. The summed E-state index contributed by atoms with van der Waals surface area (Å²) in [6.07, 6.45) is 3.81. The minimum atomic E-state index is -0.0254. The number of nitrogens with one attached hydrogen (secondary N) is 2. The highest BCUT2D eigenvalue weighted by molar-refractivity contribution is 5.95. The fourth-order valence-electron chi connectivity index (χ4n) is 3.47. The second-order valence-electron chi connectivity index (χ2n) is 7.31. The Morgan fingerprint density at radius 1 is 1.32 bits per heavy atom. The van der Waals surface area contributed by atoms with E-state index in [4.69, 9.17) is 0 Å². The lowest BCUT2D eigenvalue weighted by atomic mass is 9.98. The lowest BCUT2D eigenvalue weighted by Gasteiger charge is -2.30. The van der Waals surface area contributed by atoms with Gasteiger partial charge in [0.15, 0.2) is 0 Å². The highest BCUT2D eigenvalue weighted by Crippen LogP contribution is 2.24. The van der Waals surface area contributed by atoms with Crippen LogP contribution in [0.15, 0.2) is 30.5 Å². The number of carbonyl (C=O) groups excluding carboxylic acids is 1. The largest absolute Gasteiger partial charge is 0.348 e. The third-order valence-corrected chi connectivity index (χ3v) is 4.95. The van der Waals surface area contributed by atoms with Gasteiger partial charge in [-0.1, -0.05) is 31.5 Å². The van der Waals surface area contributed by atoms with Crippen molar-refractivity contribution >= 4 is 5.91 Å². The Morgan fingerprint density at radius 3 is 2.68 bits per heavy atom. The number of benzene rings is 1. The van der Waals surface area contributed by atoms with Crippen molar-refractivity contribution in [2.45, 2.75) is 58.5 Å². The third-order valence-electron chi connectivity index (χ3n) is 4.95. The van der Waals surface area contributed by atoms with E-state index in [0.29, 0.717) is 11.6 Å². The standard InChI is InChI=1S/C20H28N4O/c1-13(2)19-17(20(25)23-18-6-5-11-21-15(18)4)12-22-24(19)16-9-7-14(3)8-10-16/h7-10,12-13,15,18,21H,5-6,11H2,1-4H3,(H,23,25). The Morgan fingerprint density at radius 2 is 2.04 bits per heavy atom. The topological polar surface area (TPSA) is 59.0 Å². The van der Waals surface area contributed by atoms with Crippen LogP contribution < -0.4 is 10.6 Å². The Kier molecular flexibility index (Phi) is 5.23. The smallest absolute Gasteiger partial charge is 0.255 e. The van der Waals surface area contributed by atoms with Crippen LogP contribution >= 0.6 is 0 Å². The van der Waals surface area contributed by atoms with Gasteiger partial charge in [-0.05, 0) is 51.3 Å². The van der Waals surface area contributed by atoms with Gasteiger partial charge in [0.2, 0.25) is 0 Å². The molecule has 0 spiro atoms. The summed E-state index contributed by atoms with van der Waals surface area (Å²) in [5.41, 5.74) is 3.82. The molecule has 0 saturated carbocycles. The predicted molar refractivity (Wildman–Crippen MR) is 100 cm³/mol. The molecule has 2 unspecified atom stereocenters. The molecule has 1 saturated heterocycles. The zero-order valence-electron chi connectivity index (χ0n) is 15.5. The van der Waals surface area contributed by atoms with Crippen LogP contribution in [0, 0.1) is 6.92 Å². The molecule has 1 amide bonds. The van der Waals surface area contributed by atoms with Crippen molar-refractivity contribution in [1.82, 2.24) is 20.4 Å². The summed E-state index contributed by atoms with van der Waals surface area (Å²) in [6, 6.07) is 8.69. The summed E-state index contributed by atoms with van der Waals surface area (Å²) in [7, 11) is 0. The maximum atomic E-state index is 12.9. The SMILES string of the molecule is Cc1ccc(-n2ncc(C(=O)NC3CCCNC3C)c2C(C)C)cc1. The molecular formula is C20H28N4O. The van der Waals surface area contributed by atoms with E-state index in [0.717, 1.165) is 30.8 Å². The molecule has 2 heterocycles. The minimum Gasteiger partial charge on any atom is -0.348 e. The number of aryl methyl sites for hydroxylation is 1. The number of carbonyl (C=O) groups is 1. The monoisotopic (exact) mass is 340 g/mol. The van der Waals surface area contributed by atoms with Crippen LogP contribution in [-0.4, -0.2) is 34.3 Å². The predicted octanol–water partition coefficient (Wildman–Crippen LogP) is 3.17. The molecule has 2 atom stereocenters. The molecule has 0 bridgehead atoms. The number of hydrogen-bond donors (Lipinski definition) is 2. The first-order valence-electron chi connectivity index (χ1n) is 9.16. The highest BCUT2D eigenvalue weighted by Gasteiger charge is 2.26. The van der Waals surface area contributed by atoms with Crippen LogP contribution in [-0.2, 0) is 0 Å². The molecule has 1 aromatic carbocycles. The molecule has 0 radical (unpaired) electrons. The minimum absolute atomic E-state index is 0.0254. The second-order valence-corrected chi connectivity index (χ2v) is 7.31. The van der Waals surface area contributed by atoms with Crippen molar-refractivity contribution in [2.75, 3.05) is 6.54 Å². The molecule has 1 aliphatic rings. The molecule has 5 nitrogen and oxygen atoms in total. The number of nitrogens with zero attached hydrogens (tertiary/aromatic N) is 2. The Balaban J connectivity index is 1.88. The van der Waals surface area contributed by atoms with Crippen LogP contribution in [0.4, 0.5) is 0 Å². The van der Waals surface area contributed by atoms with E-state index in [1.165, 1.54) is 5.56 Å². The van der Waals surface area contributed by atoms with Crippen LogP contribution in [0.1, 0.15) is 61.1 Å². The number of hydrogen-bond acceptors (Lipinski definition) is 3. The highest BCUT2D eigenvalue weighted by atomic mass is 16.1. The van der Waals surface area contributed by atoms with E-state index in [9.17, 15) is 4.79 Å². The van der Waals surface area contributed by atoms with E-state index in [1.54, 1.807) is 6.20 Å². The fraction of sp³-hybridized carbons (Fsp3) is 0.500. The van der Waals surface area contributed by atoms with Gasteiger partial charge < -0.3 is 10.6 Å². The molecular weight excluding hydrogens is 312 g/mol. The summed E-state index contributed by atoms with van der Waals surface area (Å²) in [5.74, 6) is 0.175. The molecule has 1 fully saturated rings. The van der Waals surface area contributed by atoms with Gasteiger partial charge in [0, 0.05) is 12.1 Å². The first kappa shape index (κ1) is 17.7. The zero-order chi connectivity index (χ0) is 18.0. The van der Waals surface area contributed by atoms with Gasteiger partial charge in [-0.2, -0.15) is 5.10 Å². The van der Waals surface area contributed by atoms with Gasteiger partial charge >= 0.3 is 0 Å². The van der Waals surface area contributed by atoms with Crippen molar-refractivity contribution < 1.29 is 4.79 Å². The first-order valence-corrected chi connectivity index (χ1v) is 9.16. The Labute approximate surface area is 149 Å². The van der Waals surface area contributed by atoms with Crippen LogP contribution in [0.2, 0.25) is 0 Å². The van der Waals surface area contributed by atoms with Crippen molar-refractivity contribution in [3.8, 4) is 5.69 Å². The van der Waals surface area contributed by atoms with E-state index in [2.05, 4.69) is 55.6 Å². The van der Waals surface area contributed by atoms with Crippen LogP contribution in [0.3, 0.4) is 0 Å². The summed E-state index contributed by atoms with van der Waals surface area (Å²) in [4.78, 5) is 12.9. The number of piperidine rings is 1. The average Bonchev–Trinajstić information content (AvgIpc) is 3.03. The van der Waals surface area contributed by atoms with E-state index < -0.39 is 0 Å². The summed E-state index contributed by atoms with van der Waals surface area (Å²) < 4.78 is 1.89. The molecule has 134 valence electrons. The van der Waals surface area contributed by atoms with Gasteiger partial charge in [-0.3, -0.25) is 4.79 Å². The average molecular weight is 340 g/mol. The Bertz CT molecular complexity index is 733. The summed E-state index contributed by atoms with van der Waals surface area (Å²) >= 11 is 0. The number of rotatable bonds is 4. The molecule has 5 heteroatoms. The second kappa shape index (κ2) is 7.40. The van der Waals surface area contributed by atoms with Gasteiger partial charge in [0.1, 0.15) is 0 Å². The van der Waals surface area contributed by atoms with Crippen molar-refractivity contribution in [3.63, 3.8) is 0 Å². The zero-order valence-corrected chi connectivity index (χ0v) is 15.5. The van der Waals surface area contributed by atoms with Crippen molar-refractivity contribution in [3.05, 3.63) is 47.3 Å². The fourth-order valence-corrected chi connectivity index (χ4v) is 3.47. The third kappa shape index (κ3) is 3.76.